The molecule has 2 rings (SSSR count). The first-order valence-electron chi connectivity index (χ1n) is 7.78. The van der Waals surface area contributed by atoms with Crippen molar-refractivity contribution in [3.8, 4) is 5.75 Å². The number of nitrogens with one attached hydrogen (secondary N) is 2. The Morgan fingerprint density at radius 1 is 0.963 bits per heavy atom. The van der Waals surface area contributed by atoms with Gasteiger partial charge in [-0.05, 0) is 29.8 Å². The van der Waals surface area contributed by atoms with Gasteiger partial charge in [-0.1, -0.05) is 12.1 Å². The van der Waals surface area contributed by atoms with E-state index in [1.165, 1.54) is 18.2 Å². The number of carbonyl (C=O) groups excluding carboxylic acids is 3. The number of halogens is 2. The van der Waals surface area contributed by atoms with Crippen LogP contribution in [-0.4, -0.2) is 36.0 Å². The topological polar surface area (TPSA) is 105 Å². The molecule has 0 aromatic heterocycles. The zero-order chi connectivity index (χ0) is 19.8. The summed E-state index contributed by atoms with van der Waals surface area (Å²) in [5.74, 6) is -4.11. The standard InChI is InChI=1S/C18H16F2N2O5/c19-14-6-3-12(8-15(14)20)22-16(24)9-21-17(25)10-27-18(26)7-11-1-4-13(23)5-2-11/h1-6,8,23H,7,9-10H2,(H,21,25)(H,22,24). The van der Waals surface area contributed by atoms with Crippen molar-refractivity contribution in [2.45, 2.75) is 6.42 Å². The second-order valence-electron chi connectivity index (χ2n) is 5.46. The van der Waals surface area contributed by atoms with Crippen LogP contribution in [0.3, 0.4) is 0 Å². The van der Waals surface area contributed by atoms with Gasteiger partial charge in [-0.15, -0.1) is 0 Å². The molecular formula is C18H16F2N2O5. The number of aromatic hydroxyl groups is 1. The first-order chi connectivity index (χ1) is 12.8. The van der Waals surface area contributed by atoms with Crippen molar-refractivity contribution in [1.29, 1.82) is 0 Å². The van der Waals surface area contributed by atoms with Crippen LogP contribution in [0.4, 0.5) is 14.5 Å². The SMILES string of the molecule is O=C(COC(=O)Cc1ccc(O)cc1)NCC(=O)Nc1ccc(F)c(F)c1. The molecule has 0 spiro atoms. The van der Waals surface area contributed by atoms with Crippen molar-refractivity contribution >= 4 is 23.5 Å². The molecule has 2 amide bonds. The van der Waals surface area contributed by atoms with Crippen LogP contribution in [0.5, 0.6) is 5.75 Å². The number of hydrogen-bond acceptors (Lipinski definition) is 5. The molecule has 7 nitrogen and oxygen atoms in total. The molecule has 0 bridgehead atoms. The van der Waals surface area contributed by atoms with Crippen LogP contribution >= 0.6 is 0 Å². The highest BCUT2D eigenvalue weighted by atomic mass is 19.2. The van der Waals surface area contributed by atoms with Crippen LogP contribution in [0.15, 0.2) is 42.5 Å². The van der Waals surface area contributed by atoms with Crippen molar-refractivity contribution in [2.24, 2.45) is 0 Å². The lowest BCUT2D eigenvalue weighted by atomic mass is 10.1. The molecule has 0 aliphatic carbocycles. The van der Waals surface area contributed by atoms with E-state index >= 15 is 0 Å². The van der Waals surface area contributed by atoms with Gasteiger partial charge in [0.05, 0.1) is 13.0 Å². The quantitative estimate of drug-likeness (QED) is 0.634. The molecule has 0 saturated carbocycles. The largest absolute Gasteiger partial charge is 0.508 e. The van der Waals surface area contributed by atoms with Crippen LogP contribution in [0.2, 0.25) is 0 Å². The second-order valence-corrected chi connectivity index (χ2v) is 5.46. The first kappa shape index (κ1) is 19.8. The predicted octanol–water partition coefficient (Wildman–Crippen LogP) is 1.51. The summed E-state index contributed by atoms with van der Waals surface area (Å²) >= 11 is 0. The Morgan fingerprint density at radius 2 is 1.67 bits per heavy atom. The maximum absolute atomic E-state index is 13.0. The van der Waals surface area contributed by atoms with Gasteiger partial charge in [-0.25, -0.2) is 8.78 Å². The average molecular weight is 378 g/mol. The Hall–Kier alpha value is -3.49. The minimum atomic E-state index is -1.11. The number of anilines is 1. The monoisotopic (exact) mass is 378 g/mol. The highest BCUT2D eigenvalue weighted by molar-refractivity contribution is 5.94. The maximum Gasteiger partial charge on any atom is 0.310 e. The molecule has 0 aliphatic rings. The summed E-state index contributed by atoms with van der Waals surface area (Å²) < 4.78 is 30.6. The summed E-state index contributed by atoms with van der Waals surface area (Å²) in [6.07, 6.45) is -0.0792. The van der Waals surface area contributed by atoms with Crippen LogP contribution in [0.1, 0.15) is 5.56 Å². The fourth-order valence-corrected chi connectivity index (χ4v) is 1.99. The van der Waals surface area contributed by atoms with E-state index in [1.807, 2.05) is 0 Å². The summed E-state index contributed by atoms with van der Waals surface area (Å²) in [5, 5.41) is 13.7. The third kappa shape index (κ3) is 6.73. The number of phenols is 1. The predicted molar refractivity (Wildman–Crippen MR) is 90.8 cm³/mol. The van der Waals surface area contributed by atoms with Gasteiger partial charge in [-0.2, -0.15) is 0 Å². The number of amides is 2. The van der Waals surface area contributed by atoms with E-state index in [4.69, 9.17) is 9.84 Å². The van der Waals surface area contributed by atoms with Gasteiger partial charge in [0.1, 0.15) is 5.75 Å². The number of carbonyl (C=O) groups is 3. The summed E-state index contributed by atoms with van der Waals surface area (Å²) in [4.78, 5) is 34.9. The Balaban J connectivity index is 1.69. The molecule has 2 aromatic rings. The lowest BCUT2D eigenvalue weighted by molar-refractivity contribution is -0.147. The minimum absolute atomic E-state index is 0.0356. The molecule has 0 fully saturated rings. The molecule has 0 atom stereocenters. The maximum atomic E-state index is 13.0. The third-order valence-electron chi connectivity index (χ3n) is 3.30. The smallest absolute Gasteiger partial charge is 0.310 e. The highest BCUT2D eigenvalue weighted by Gasteiger charge is 2.11. The fraction of sp³-hybridized carbons (Fsp3) is 0.167. The highest BCUT2D eigenvalue weighted by Crippen LogP contribution is 2.13. The molecule has 142 valence electrons. The molecule has 0 unspecified atom stereocenters. The van der Waals surface area contributed by atoms with Gasteiger partial charge in [0.25, 0.3) is 5.91 Å². The molecule has 27 heavy (non-hydrogen) atoms. The van der Waals surface area contributed by atoms with E-state index in [9.17, 15) is 23.2 Å². The van der Waals surface area contributed by atoms with Gasteiger partial charge >= 0.3 is 5.97 Å². The lowest BCUT2D eigenvalue weighted by Gasteiger charge is -2.08. The molecule has 0 saturated heterocycles. The van der Waals surface area contributed by atoms with Gasteiger partial charge < -0.3 is 20.5 Å². The summed E-state index contributed by atoms with van der Waals surface area (Å²) in [5.41, 5.74) is 0.637. The minimum Gasteiger partial charge on any atom is -0.508 e. The van der Waals surface area contributed by atoms with Gasteiger partial charge in [0.2, 0.25) is 5.91 Å². The molecule has 0 heterocycles. The van der Waals surface area contributed by atoms with Crippen molar-refractivity contribution in [1.82, 2.24) is 5.32 Å². The van der Waals surface area contributed by atoms with Gasteiger partial charge in [0.15, 0.2) is 18.2 Å². The zero-order valence-corrected chi connectivity index (χ0v) is 14.0. The van der Waals surface area contributed by atoms with Gasteiger partial charge in [0, 0.05) is 11.8 Å². The zero-order valence-electron chi connectivity index (χ0n) is 14.0. The summed E-state index contributed by atoms with van der Waals surface area (Å²) in [6, 6.07) is 8.75. The molecule has 2 aromatic carbocycles. The average Bonchev–Trinajstić information content (AvgIpc) is 2.63. The molecule has 3 N–H and O–H groups in total. The lowest BCUT2D eigenvalue weighted by Crippen LogP contribution is -2.35. The Morgan fingerprint density at radius 3 is 2.33 bits per heavy atom. The van der Waals surface area contributed by atoms with Crippen molar-refractivity contribution < 1.29 is 33.0 Å². The van der Waals surface area contributed by atoms with Crippen molar-refractivity contribution in [2.75, 3.05) is 18.5 Å². The number of benzene rings is 2. The van der Waals surface area contributed by atoms with Crippen molar-refractivity contribution in [3.63, 3.8) is 0 Å². The van der Waals surface area contributed by atoms with E-state index in [0.717, 1.165) is 12.1 Å². The van der Waals surface area contributed by atoms with Crippen LogP contribution in [0, 0.1) is 11.6 Å². The third-order valence-corrected chi connectivity index (χ3v) is 3.30. The van der Waals surface area contributed by atoms with E-state index in [-0.39, 0.29) is 17.9 Å². The Labute approximate surface area is 153 Å². The van der Waals surface area contributed by atoms with Crippen LogP contribution in [0.25, 0.3) is 0 Å². The van der Waals surface area contributed by atoms with E-state index in [2.05, 4.69) is 10.6 Å². The Bertz CT molecular complexity index is 840. The van der Waals surface area contributed by atoms with E-state index in [0.29, 0.717) is 5.56 Å². The van der Waals surface area contributed by atoms with Crippen LogP contribution < -0.4 is 10.6 Å². The Kier molecular flexibility index (Phi) is 6.81. The first-order valence-corrected chi connectivity index (χ1v) is 7.78. The number of hydrogen-bond donors (Lipinski definition) is 3. The normalized spacial score (nSPS) is 10.1. The number of esters is 1. The van der Waals surface area contributed by atoms with E-state index < -0.39 is 42.6 Å². The molecule has 0 aliphatic heterocycles. The summed E-state index contributed by atoms with van der Waals surface area (Å²) in [7, 11) is 0. The van der Waals surface area contributed by atoms with Gasteiger partial charge in [-0.3, -0.25) is 14.4 Å². The second kappa shape index (κ2) is 9.27. The molecule has 9 heteroatoms. The van der Waals surface area contributed by atoms with E-state index in [1.54, 1.807) is 12.1 Å². The molecular weight excluding hydrogens is 362 g/mol. The molecule has 0 radical (unpaired) electrons. The van der Waals surface area contributed by atoms with Crippen LogP contribution in [-0.2, 0) is 25.5 Å². The number of rotatable bonds is 7. The fourth-order valence-electron chi connectivity index (χ4n) is 1.99. The number of ether oxygens (including phenoxy) is 1. The van der Waals surface area contributed by atoms with Crippen molar-refractivity contribution in [3.05, 3.63) is 59.7 Å². The summed E-state index contributed by atoms with van der Waals surface area (Å²) in [6.45, 7) is -1.01. The number of phenolic OH excluding ortho intramolecular Hbond substituents is 1.